The third-order valence-corrected chi connectivity index (χ3v) is 3.27. The molecule has 0 bridgehead atoms. The Morgan fingerprint density at radius 2 is 1.88 bits per heavy atom. The Bertz CT molecular complexity index is 903. The van der Waals surface area contributed by atoms with Crippen LogP contribution in [0.2, 0.25) is 0 Å². The van der Waals surface area contributed by atoms with Gasteiger partial charge in [-0.2, -0.15) is 13.2 Å². The second-order valence-corrected chi connectivity index (χ2v) is 5.29. The highest BCUT2D eigenvalue weighted by Gasteiger charge is 2.30. The molecule has 0 unspecified atom stereocenters. The lowest BCUT2D eigenvalue weighted by molar-refractivity contribution is -0.137. The minimum atomic E-state index is -4.46. The van der Waals surface area contributed by atoms with Gasteiger partial charge in [0.2, 0.25) is 5.88 Å². The standard InChI is InChI=1S/C17H12F3N3O3/c1-10-8-14(23-26-10)22-16(24)11-2-5-13(6-3-11)25-15-7-4-12(9-21-15)17(18,19)20/h2-9H,1H3,(H,22,23,24). The van der Waals surface area contributed by atoms with E-state index in [0.29, 0.717) is 29.1 Å². The molecule has 1 amide bonds. The van der Waals surface area contributed by atoms with Crippen molar-refractivity contribution in [2.24, 2.45) is 0 Å². The zero-order valence-corrected chi connectivity index (χ0v) is 13.4. The van der Waals surface area contributed by atoms with Gasteiger partial charge in [0, 0.05) is 23.9 Å². The number of rotatable bonds is 4. The monoisotopic (exact) mass is 363 g/mol. The Morgan fingerprint density at radius 1 is 1.15 bits per heavy atom. The maximum atomic E-state index is 12.5. The van der Waals surface area contributed by atoms with Crippen LogP contribution in [0.1, 0.15) is 21.7 Å². The molecule has 0 saturated heterocycles. The molecule has 134 valence electrons. The summed E-state index contributed by atoms with van der Waals surface area (Å²) in [6, 6.07) is 9.58. The third-order valence-electron chi connectivity index (χ3n) is 3.27. The van der Waals surface area contributed by atoms with Crippen LogP contribution >= 0.6 is 0 Å². The fourth-order valence-electron chi connectivity index (χ4n) is 2.02. The number of amides is 1. The normalized spacial score (nSPS) is 11.2. The van der Waals surface area contributed by atoms with Crippen LogP contribution in [-0.2, 0) is 6.18 Å². The molecule has 0 radical (unpaired) electrons. The first-order chi connectivity index (χ1) is 12.3. The van der Waals surface area contributed by atoms with Gasteiger partial charge in [-0.3, -0.25) is 4.79 Å². The fraction of sp³-hybridized carbons (Fsp3) is 0.118. The first-order valence-corrected chi connectivity index (χ1v) is 7.37. The van der Waals surface area contributed by atoms with Crippen molar-refractivity contribution in [2.75, 3.05) is 5.32 Å². The first kappa shape index (κ1) is 17.5. The molecule has 2 heterocycles. The lowest BCUT2D eigenvalue weighted by Crippen LogP contribution is -2.11. The summed E-state index contributed by atoms with van der Waals surface area (Å²) >= 11 is 0. The molecule has 1 aromatic carbocycles. The van der Waals surface area contributed by atoms with Crippen LogP contribution < -0.4 is 10.1 Å². The van der Waals surface area contributed by atoms with Crippen molar-refractivity contribution in [3.8, 4) is 11.6 Å². The smallest absolute Gasteiger partial charge is 0.417 e. The maximum Gasteiger partial charge on any atom is 0.417 e. The Hall–Kier alpha value is -3.36. The molecular weight excluding hydrogens is 351 g/mol. The number of alkyl halides is 3. The average Bonchev–Trinajstić information content (AvgIpc) is 3.00. The lowest BCUT2D eigenvalue weighted by atomic mass is 10.2. The predicted molar refractivity (Wildman–Crippen MR) is 84.9 cm³/mol. The SMILES string of the molecule is Cc1cc(NC(=O)c2ccc(Oc3ccc(C(F)(F)F)cn3)cc2)no1. The molecule has 0 fully saturated rings. The quantitative estimate of drug-likeness (QED) is 0.741. The highest BCUT2D eigenvalue weighted by atomic mass is 19.4. The number of nitrogens with zero attached hydrogens (tertiary/aromatic N) is 2. The van der Waals surface area contributed by atoms with Gasteiger partial charge in [-0.05, 0) is 37.3 Å². The molecule has 0 aliphatic heterocycles. The number of halogens is 3. The summed E-state index contributed by atoms with van der Waals surface area (Å²) in [6.07, 6.45) is -3.76. The topological polar surface area (TPSA) is 77.2 Å². The molecule has 1 N–H and O–H groups in total. The zero-order chi connectivity index (χ0) is 18.7. The molecule has 0 spiro atoms. The fourth-order valence-corrected chi connectivity index (χ4v) is 2.02. The van der Waals surface area contributed by atoms with Crippen molar-refractivity contribution in [3.63, 3.8) is 0 Å². The van der Waals surface area contributed by atoms with Gasteiger partial charge in [0.25, 0.3) is 5.91 Å². The molecular formula is C17H12F3N3O3. The Morgan fingerprint density at radius 3 is 2.42 bits per heavy atom. The Labute approximate surface area is 145 Å². The summed E-state index contributed by atoms with van der Waals surface area (Å²) in [5, 5.41) is 6.22. The largest absolute Gasteiger partial charge is 0.439 e. The van der Waals surface area contributed by atoms with Gasteiger partial charge in [0.1, 0.15) is 11.5 Å². The first-order valence-electron chi connectivity index (χ1n) is 7.37. The van der Waals surface area contributed by atoms with E-state index >= 15 is 0 Å². The number of ether oxygens (including phenoxy) is 1. The average molecular weight is 363 g/mol. The predicted octanol–water partition coefficient (Wildman–Crippen LogP) is 4.44. The van der Waals surface area contributed by atoms with Crippen molar-refractivity contribution in [1.82, 2.24) is 10.1 Å². The molecule has 0 saturated carbocycles. The van der Waals surface area contributed by atoms with Gasteiger partial charge in [0.05, 0.1) is 5.56 Å². The van der Waals surface area contributed by atoms with Gasteiger partial charge in [-0.1, -0.05) is 5.16 Å². The minimum absolute atomic E-state index is 0.00766. The third kappa shape index (κ3) is 4.18. The van der Waals surface area contributed by atoms with E-state index in [9.17, 15) is 18.0 Å². The second kappa shape index (κ2) is 6.87. The van der Waals surface area contributed by atoms with Crippen LogP contribution in [0.4, 0.5) is 19.0 Å². The summed E-state index contributed by atoms with van der Waals surface area (Å²) in [5.74, 6) is 0.798. The van der Waals surface area contributed by atoms with Gasteiger partial charge >= 0.3 is 6.18 Å². The lowest BCUT2D eigenvalue weighted by Gasteiger charge is -2.08. The highest BCUT2D eigenvalue weighted by molar-refractivity contribution is 6.03. The van der Waals surface area contributed by atoms with Crippen LogP contribution in [0, 0.1) is 6.92 Å². The highest BCUT2D eigenvalue weighted by Crippen LogP contribution is 2.30. The van der Waals surface area contributed by atoms with Crippen molar-refractivity contribution in [3.05, 3.63) is 65.5 Å². The minimum Gasteiger partial charge on any atom is -0.439 e. The summed E-state index contributed by atoms with van der Waals surface area (Å²) in [5.41, 5.74) is -0.515. The Balaban J connectivity index is 1.65. The van der Waals surface area contributed by atoms with Crippen molar-refractivity contribution < 1.29 is 27.2 Å². The Kier molecular flexibility index (Phi) is 4.61. The number of aryl methyl sites for hydroxylation is 1. The molecule has 0 atom stereocenters. The number of hydrogen-bond acceptors (Lipinski definition) is 5. The van der Waals surface area contributed by atoms with Gasteiger partial charge in [-0.15, -0.1) is 0 Å². The zero-order valence-electron chi connectivity index (χ0n) is 13.4. The summed E-state index contributed by atoms with van der Waals surface area (Å²) in [7, 11) is 0. The van der Waals surface area contributed by atoms with Gasteiger partial charge in [0.15, 0.2) is 5.82 Å². The number of aromatic nitrogens is 2. The summed E-state index contributed by atoms with van der Waals surface area (Å²) in [6.45, 7) is 1.70. The van der Waals surface area contributed by atoms with E-state index in [1.54, 1.807) is 13.0 Å². The van der Waals surface area contributed by atoms with Crippen LogP contribution in [0.25, 0.3) is 0 Å². The molecule has 0 aliphatic carbocycles. The van der Waals surface area contributed by atoms with Gasteiger partial charge in [-0.25, -0.2) is 4.98 Å². The number of benzene rings is 1. The van der Waals surface area contributed by atoms with E-state index in [0.717, 1.165) is 12.1 Å². The van der Waals surface area contributed by atoms with E-state index in [2.05, 4.69) is 15.5 Å². The molecule has 3 rings (SSSR count). The van der Waals surface area contributed by atoms with Crippen LogP contribution in [-0.4, -0.2) is 16.0 Å². The number of carbonyl (C=O) groups is 1. The molecule has 6 nitrogen and oxygen atoms in total. The van der Waals surface area contributed by atoms with E-state index < -0.39 is 17.6 Å². The molecule has 3 aromatic rings. The van der Waals surface area contributed by atoms with Crippen LogP contribution in [0.15, 0.2) is 53.2 Å². The van der Waals surface area contributed by atoms with Crippen LogP contribution in [0.5, 0.6) is 11.6 Å². The second-order valence-electron chi connectivity index (χ2n) is 5.29. The summed E-state index contributed by atoms with van der Waals surface area (Å²) in [4.78, 5) is 15.7. The maximum absolute atomic E-state index is 12.5. The van der Waals surface area contributed by atoms with Crippen molar-refractivity contribution in [1.29, 1.82) is 0 Å². The van der Waals surface area contributed by atoms with E-state index in [1.807, 2.05) is 0 Å². The van der Waals surface area contributed by atoms with Crippen molar-refractivity contribution >= 4 is 11.7 Å². The van der Waals surface area contributed by atoms with E-state index in [1.165, 1.54) is 24.3 Å². The van der Waals surface area contributed by atoms with Crippen LogP contribution in [0.3, 0.4) is 0 Å². The number of anilines is 1. The molecule has 26 heavy (non-hydrogen) atoms. The molecule has 0 aliphatic rings. The summed E-state index contributed by atoms with van der Waals surface area (Å²) < 4.78 is 47.7. The molecule has 2 aromatic heterocycles. The van der Waals surface area contributed by atoms with E-state index in [4.69, 9.17) is 9.26 Å². The van der Waals surface area contributed by atoms with E-state index in [-0.39, 0.29) is 5.88 Å². The van der Waals surface area contributed by atoms with Crippen molar-refractivity contribution in [2.45, 2.75) is 13.1 Å². The number of carbonyl (C=O) groups excluding carboxylic acids is 1. The molecule has 9 heteroatoms. The number of hydrogen-bond donors (Lipinski definition) is 1. The van der Waals surface area contributed by atoms with Gasteiger partial charge < -0.3 is 14.6 Å². The number of nitrogens with one attached hydrogen (secondary N) is 1. The number of pyridine rings is 1.